The smallest absolute Gasteiger partial charge is 0.122 e. The summed E-state index contributed by atoms with van der Waals surface area (Å²) >= 11 is 0. The van der Waals surface area contributed by atoms with Gasteiger partial charge in [-0.3, -0.25) is 0 Å². The van der Waals surface area contributed by atoms with Gasteiger partial charge in [0.2, 0.25) is 0 Å². The number of hydrogen-bond acceptors (Lipinski definition) is 2. The third-order valence-electron chi connectivity index (χ3n) is 5.54. The van der Waals surface area contributed by atoms with Crippen LogP contribution < -0.4 is 0 Å². The topological polar surface area (TPSA) is 34.1 Å². The Balaban J connectivity index is 0. The summed E-state index contributed by atoms with van der Waals surface area (Å²) in [7, 11) is 0. The van der Waals surface area contributed by atoms with Crippen LogP contribution >= 0.6 is 0 Å². The van der Waals surface area contributed by atoms with E-state index in [-0.39, 0.29) is 5.92 Å². The van der Waals surface area contributed by atoms with E-state index in [1.807, 2.05) is 6.92 Å². The van der Waals surface area contributed by atoms with Crippen LogP contribution in [-0.2, 0) is 9.59 Å². The molecule has 0 aliphatic heterocycles. The molecule has 0 aliphatic carbocycles. The minimum atomic E-state index is 0.273. The highest BCUT2D eigenvalue weighted by Gasteiger charge is 2.00. The lowest BCUT2D eigenvalue weighted by atomic mass is 9.99. The van der Waals surface area contributed by atoms with Crippen LogP contribution in [-0.4, -0.2) is 12.6 Å². The molecule has 0 rings (SSSR count). The maximum Gasteiger partial charge on any atom is 0.122 e. The van der Waals surface area contributed by atoms with Crippen LogP contribution in [0.2, 0.25) is 0 Å². The largest absolute Gasteiger partial charge is 0.303 e. The van der Waals surface area contributed by atoms with E-state index in [0.717, 1.165) is 25.4 Å². The molecule has 2 heteroatoms. The Morgan fingerprint density at radius 3 is 1.36 bits per heavy atom. The molecule has 0 fully saturated rings. The van der Waals surface area contributed by atoms with Gasteiger partial charge in [0.25, 0.3) is 0 Å². The molecule has 0 saturated heterocycles. The predicted octanol–water partition coefficient (Wildman–Crippen LogP) is 8.70. The molecule has 0 aromatic rings. The van der Waals surface area contributed by atoms with Gasteiger partial charge in [-0.15, -0.1) is 0 Å². The quantitative estimate of drug-likeness (QED) is 0.152. The van der Waals surface area contributed by atoms with Gasteiger partial charge in [0.05, 0.1) is 0 Å². The van der Waals surface area contributed by atoms with Crippen LogP contribution in [0.3, 0.4) is 0 Å². The summed E-state index contributed by atoms with van der Waals surface area (Å²) in [5.41, 5.74) is 0. The van der Waals surface area contributed by atoms with E-state index in [0.29, 0.717) is 5.92 Å². The molecule has 0 heterocycles. The molecule has 0 saturated carbocycles. The molecular weight excluding hydrogens is 344 g/mol. The summed E-state index contributed by atoms with van der Waals surface area (Å²) < 4.78 is 0. The van der Waals surface area contributed by atoms with E-state index in [2.05, 4.69) is 20.8 Å². The van der Waals surface area contributed by atoms with E-state index < -0.39 is 0 Å². The Hall–Kier alpha value is -0.660. The highest BCUT2D eigenvalue weighted by Crippen LogP contribution is 2.14. The van der Waals surface area contributed by atoms with Crippen molar-refractivity contribution in [1.29, 1.82) is 0 Å². The number of carbonyl (C=O) groups is 2. The van der Waals surface area contributed by atoms with Crippen LogP contribution in [0.4, 0.5) is 0 Å². The van der Waals surface area contributed by atoms with Crippen molar-refractivity contribution in [3.63, 3.8) is 0 Å². The van der Waals surface area contributed by atoms with Crippen LogP contribution in [0.15, 0.2) is 0 Å². The Morgan fingerprint density at radius 1 is 0.571 bits per heavy atom. The van der Waals surface area contributed by atoms with Gasteiger partial charge >= 0.3 is 0 Å². The van der Waals surface area contributed by atoms with Gasteiger partial charge in [-0.25, -0.2) is 0 Å². The summed E-state index contributed by atoms with van der Waals surface area (Å²) in [6.07, 6.45) is 25.5. The number of rotatable bonds is 20. The summed E-state index contributed by atoms with van der Waals surface area (Å²) in [4.78, 5) is 20.6. The van der Waals surface area contributed by atoms with Crippen LogP contribution in [0, 0.1) is 11.8 Å². The van der Waals surface area contributed by atoms with Crippen LogP contribution in [0.25, 0.3) is 0 Å². The number of carbonyl (C=O) groups excluding carboxylic acids is 2. The lowest BCUT2D eigenvalue weighted by Crippen LogP contribution is -1.95. The first-order valence-corrected chi connectivity index (χ1v) is 12.5. The van der Waals surface area contributed by atoms with Crippen molar-refractivity contribution < 1.29 is 9.59 Å². The fourth-order valence-corrected chi connectivity index (χ4v) is 3.40. The first-order valence-electron chi connectivity index (χ1n) is 12.5. The second kappa shape index (κ2) is 26.3. The van der Waals surface area contributed by atoms with Crippen molar-refractivity contribution in [2.75, 3.05) is 0 Å². The van der Waals surface area contributed by atoms with Gasteiger partial charge in [0.1, 0.15) is 12.6 Å². The third kappa shape index (κ3) is 27.6. The lowest BCUT2D eigenvalue weighted by molar-refractivity contribution is -0.111. The maximum atomic E-state index is 10.3. The average molecular weight is 397 g/mol. The molecular formula is C26H52O2. The van der Waals surface area contributed by atoms with Crippen molar-refractivity contribution in [1.82, 2.24) is 0 Å². The van der Waals surface area contributed by atoms with Gasteiger partial charge in [0.15, 0.2) is 0 Å². The standard InChI is InChI=1S/2C13H26O/c1-3-4-5-6-7-8-9-10-13(2)11-12-14;1-3-4-5-6-7-8-9-10-11-13(2)12-14/h2*12-13H,3-11H2,1-2H3. The Bertz CT molecular complexity index is 301. The Kier molecular flexibility index (Phi) is 27.8. The minimum Gasteiger partial charge on any atom is -0.303 e. The first-order chi connectivity index (χ1) is 13.6. The molecule has 0 radical (unpaired) electrons. The fourth-order valence-electron chi connectivity index (χ4n) is 3.40. The molecule has 2 atom stereocenters. The predicted molar refractivity (Wildman–Crippen MR) is 125 cm³/mol. The zero-order chi connectivity index (χ0) is 21.3. The molecule has 0 aliphatic rings. The summed E-state index contributed by atoms with van der Waals surface area (Å²) in [5.74, 6) is 0.873. The van der Waals surface area contributed by atoms with Gasteiger partial charge in [-0.1, -0.05) is 130 Å². The van der Waals surface area contributed by atoms with Crippen molar-refractivity contribution >= 4 is 12.6 Å². The fraction of sp³-hybridized carbons (Fsp3) is 0.923. The summed E-state index contributed by atoms with van der Waals surface area (Å²) in [5, 5.41) is 0. The second-order valence-corrected chi connectivity index (χ2v) is 8.79. The molecule has 2 unspecified atom stereocenters. The SMILES string of the molecule is CCCCCCCCCC(C)CC=O.CCCCCCCCCCC(C)C=O. The molecule has 28 heavy (non-hydrogen) atoms. The minimum absolute atomic E-state index is 0.273. The molecule has 0 N–H and O–H groups in total. The van der Waals surface area contributed by atoms with Crippen molar-refractivity contribution in [2.45, 2.75) is 143 Å². The van der Waals surface area contributed by atoms with Crippen molar-refractivity contribution in [3.8, 4) is 0 Å². The van der Waals surface area contributed by atoms with Gasteiger partial charge in [-0.05, 0) is 12.3 Å². The number of unbranched alkanes of at least 4 members (excludes halogenated alkanes) is 13. The van der Waals surface area contributed by atoms with Crippen LogP contribution in [0.5, 0.6) is 0 Å². The molecule has 0 bridgehead atoms. The second-order valence-electron chi connectivity index (χ2n) is 8.79. The molecule has 0 aromatic carbocycles. The Morgan fingerprint density at radius 2 is 0.964 bits per heavy atom. The lowest BCUT2D eigenvalue weighted by Gasteiger charge is -2.06. The molecule has 168 valence electrons. The van der Waals surface area contributed by atoms with E-state index in [4.69, 9.17) is 0 Å². The van der Waals surface area contributed by atoms with Crippen molar-refractivity contribution in [2.24, 2.45) is 11.8 Å². The van der Waals surface area contributed by atoms with Crippen molar-refractivity contribution in [3.05, 3.63) is 0 Å². The molecule has 2 nitrogen and oxygen atoms in total. The van der Waals surface area contributed by atoms with E-state index in [9.17, 15) is 9.59 Å². The number of hydrogen-bond donors (Lipinski definition) is 0. The molecule has 0 aromatic heterocycles. The van der Waals surface area contributed by atoms with E-state index in [1.54, 1.807) is 0 Å². The highest BCUT2D eigenvalue weighted by atomic mass is 16.1. The zero-order valence-electron chi connectivity index (χ0n) is 19.9. The van der Waals surface area contributed by atoms with E-state index in [1.165, 1.54) is 103 Å². The van der Waals surface area contributed by atoms with Gasteiger partial charge in [0, 0.05) is 12.3 Å². The van der Waals surface area contributed by atoms with E-state index >= 15 is 0 Å². The molecule has 0 spiro atoms. The first kappa shape index (κ1) is 29.5. The third-order valence-corrected chi connectivity index (χ3v) is 5.54. The van der Waals surface area contributed by atoms with Gasteiger partial charge in [-0.2, -0.15) is 0 Å². The normalized spacial score (nSPS) is 12.7. The highest BCUT2D eigenvalue weighted by molar-refractivity contribution is 5.52. The van der Waals surface area contributed by atoms with Crippen LogP contribution in [0.1, 0.15) is 143 Å². The zero-order valence-corrected chi connectivity index (χ0v) is 19.9. The summed E-state index contributed by atoms with van der Waals surface area (Å²) in [6, 6.07) is 0. The molecule has 0 amide bonds. The summed E-state index contributed by atoms with van der Waals surface area (Å²) in [6.45, 7) is 8.68. The monoisotopic (exact) mass is 396 g/mol. The number of aldehydes is 2. The maximum absolute atomic E-state index is 10.3. The average Bonchev–Trinajstić information content (AvgIpc) is 2.70. The van der Waals surface area contributed by atoms with Gasteiger partial charge < -0.3 is 9.59 Å². The Labute approximate surface area is 177 Å².